The van der Waals surface area contributed by atoms with Crippen LogP contribution in [0.15, 0.2) is 0 Å². The van der Waals surface area contributed by atoms with Crippen molar-refractivity contribution in [3.8, 4) is 0 Å². The van der Waals surface area contributed by atoms with Crippen LogP contribution in [0.1, 0.15) is 56.5 Å². The normalized spacial score (nSPS) is 12.5. The van der Waals surface area contributed by atoms with Gasteiger partial charge in [-0.15, -0.1) is 0 Å². The van der Waals surface area contributed by atoms with Crippen molar-refractivity contribution in [3.63, 3.8) is 0 Å². The molecule has 1 unspecified atom stereocenters. The molecule has 0 saturated carbocycles. The summed E-state index contributed by atoms with van der Waals surface area (Å²) < 4.78 is 0. The second-order valence-electron chi connectivity index (χ2n) is 5.52. The summed E-state index contributed by atoms with van der Waals surface area (Å²) in [4.78, 5) is 17.3. The molecule has 120 valence electrons. The maximum Gasteiger partial charge on any atom is 0.343 e. The zero-order valence-electron chi connectivity index (χ0n) is 12.8. The van der Waals surface area contributed by atoms with Gasteiger partial charge in [0.15, 0.2) is 5.82 Å². The number of nitrogens with zero attached hydrogens (tertiary/aromatic N) is 2. The average molecular weight is 297 g/mol. The molecule has 21 heavy (non-hydrogen) atoms. The van der Waals surface area contributed by atoms with Gasteiger partial charge in [-0.05, 0) is 37.2 Å². The summed E-state index contributed by atoms with van der Waals surface area (Å²) in [6.45, 7) is 2.49. The molecule has 1 aromatic rings. The van der Waals surface area contributed by atoms with Gasteiger partial charge in [0.2, 0.25) is 0 Å². The lowest BCUT2D eigenvalue weighted by Gasteiger charge is -2.10. The zero-order chi connectivity index (χ0) is 15.7. The second-order valence-corrected chi connectivity index (χ2v) is 5.52. The van der Waals surface area contributed by atoms with Gasteiger partial charge < -0.3 is 21.6 Å². The van der Waals surface area contributed by atoms with Crippen LogP contribution in [0, 0.1) is 17.0 Å². The summed E-state index contributed by atoms with van der Waals surface area (Å²) in [6.07, 6.45) is 8.00. The summed E-state index contributed by atoms with van der Waals surface area (Å²) in [7, 11) is 0. The van der Waals surface area contributed by atoms with Crippen molar-refractivity contribution in [2.75, 3.05) is 6.54 Å². The molecule has 0 amide bonds. The van der Waals surface area contributed by atoms with Gasteiger partial charge >= 0.3 is 5.82 Å². The number of aryl methyl sites for hydroxylation is 2. The van der Waals surface area contributed by atoms with Crippen LogP contribution in [0.3, 0.4) is 0 Å². The maximum atomic E-state index is 10.9. The molecule has 0 aliphatic carbocycles. The Morgan fingerprint density at radius 2 is 1.90 bits per heavy atom. The van der Waals surface area contributed by atoms with Crippen molar-refractivity contribution in [1.82, 2.24) is 9.97 Å². The maximum absolute atomic E-state index is 10.9. The summed E-state index contributed by atoms with van der Waals surface area (Å²) in [5.74, 6) is 0.576. The average Bonchev–Trinajstić information content (AvgIpc) is 2.82. The fourth-order valence-corrected chi connectivity index (χ4v) is 2.40. The zero-order valence-corrected chi connectivity index (χ0v) is 12.8. The van der Waals surface area contributed by atoms with E-state index in [1.807, 2.05) is 0 Å². The SMILES string of the molecule is Cc1nc(CCC(N)CCCCCCCN)c([N+](=O)[O-])[nH]1. The Morgan fingerprint density at radius 3 is 2.57 bits per heavy atom. The smallest absolute Gasteiger partial charge is 0.343 e. The molecule has 1 heterocycles. The van der Waals surface area contributed by atoms with Crippen LogP contribution in [0.2, 0.25) is 0 Å². The molecule has 0 aliphatic heterocycles. The summed E-state index contributed by atoms with van der Waals surface area (Å²) >= 11 is 0. The number of nitrogens with two attached hydrogens (primary N) is 2. The predicted molar refractivity (Wildman–Crippen MR) is 83.0 cm³/mol. The number of aromatic amines is 1. The molecule has 0 spiro atoms. The van der Waals surface area contributed by atoms with E-state index >= 15 is 0 Å². The lowest BCUT2D eigenvalue weighted by Crippen LogP contribution is -2.20. The number of nitrogens with one attached hydrogen (secondary N) is 1. The summed E-state index contributed by atoms with van der Waals surface area (Å²) in [5, 5.41) is 10.9. The van der Waals surface area contributed by atoms with Crippen LogP contribution < -0.4 is 11.5 Å². The van der Waals surface area contributed by atoms with Gasteiger partial charge in [-0.25, -0.2) is 9.97 Å². The first kappa shape index (κ1) is 17.6. The van der Waals surface area contributed by atoms with Crippen LogP contribution in [0.4, 0.5) is 5.82 Å². The Morgan fingerprint density at radius 1 is 1.24 bits per heavy atom. The number of H-pyrrole nitrogens is 1. The van der Waals surface area contributed by atoms with Gasteiger partial charge in [0.1, 0.15) is 5.69 Å². The van der Waals surface area contributed by atoms with Gasteiger partial charge in [0.25, 0.3) is 0 Å². The Labute approximate surface area is 125 Å². The number of aromatic nitrogens is 2. The molecule has 0 bridgehead atoms. The molecule has 1 atom stereocenters. The Hall–Kier alpha value is -1.47. The highest BCUT2D eigenvalue weighted by Crippen LogP contribution is 2.18. The van der Waals surface area contributed by atoms with Crippen LogP contribution in [-0.2, 0) is 6.42 Å². The second kappa shape index (κ2) is 9.46. The molecule has 0 fully saturated rings. The minimum absolute atomic E-state index is 0.00137. The van der Waals surface area contributed by atoms with E-state index in [0.717, 1.165) is 32.2 Å². The van der Waals surface area contributed by atoms with Gasteiger partial charge in [0, 0.05) is 13.0 Å². The van der Waals surface area contributed by atoms with Crippen molar-refractivity contribution in [3.05, 3.63) is 21.6 Å². The van der Waals surface area contributed by atoms with Crippen LogP contribution >= 0.6 is 0 Å². The molecule has 7 nitrogen and oxygen atoms in total. The third kappa shape index (κ3) is 6.68. The highest BCUT2D eigenvalue weighted by molar-refractivity contribution is 5.28. The van der Waals surface area contributed by atoms with E-state index in [1.54, 1.807) is 6.92 Å². The predicted octanol–water partition coefficient (Wildman–Crippen LogP) is 2.19. The lowest BCUT2D eigenvalue weighted by atomic mass is 10.0. The number of hydrogen-bond acceptors (Lipinski definition) is 5. The van der Waals surface area contributed by atoms with Crippen molar-refractivity contribution in [2.24, 2.45) is 11.5 Å². The highest BCUT2D eigenvalue weighted by Gasteiger charge is 2.18. The molecule has 5 N–H and O–H groups in total. The Balaban J connectivity index is 2.24. The van der Waals surface area contributed by atoms with E-state index in [2.05, 4.69) is 9.97 Å². The van der Waals surface area contributed by atoms with Crippen LogP contribution in [0.5, 0.6) is 0 Å². The molecular weight excluding hydrogens is 270 g/mol. The number of hydrogen-bond donors (Lipinski definition) is 3. The van der Waals surface area contributed by atoms with Crippen molar-refractivity contribution in [2.45, 2.75) is 64.3 Å². The van der Waals surface area contributed by atoms with Crippen molar-refractivity contribution < 1.29 is 4.92 Å². The first-order valence-corrected chi connectivity index (χ1v) is 7.70. The molecular formula is C14H27N5O2. The Bertz CT molecular complexity index is 433. The van der Waals surface area contributed by atoms with Crippen molar-refractivity contribution in [1.29, 1.82) is 0 Å². The molecule has 0 saturated heterocycles. The first-order valence-electron chi connectivity index (χ1n) is 7.70. The van der Waals surface area contributed by atoms with Crippen LogP contribution in [0.25, 0.3) is 0 Å². The highest BCUT2D eigenvalue weighted by atomic mass is 16.6. The molecule has 0 aromatic carbocycles. The number of nitro groups is 1. The topological polar surface area (TPSA) is 124 Å². The van der Waals surface area contributed by atoms with Gasteiger partial charge in [-0.2, -0.15) is 0 Å². The first-order chi connectivity index (χ1) is 10.0. The quantitative estimate of drug-likeness (QED) is 0.328. The lowest BCUT2D eigenvalue weighted by molar-refractivity contribution is -0.390. The van der Waals surface area contributed by atoms with Crippen molar-refractivity contribution >= 4 is 5.82 Å². The van der Waals surface area contributed by atoms with Gasteiger partial charge in [-0.3, -0.25) is 0 Å². The monoisotopic (exact) mass is 297 g/mol. The minimum atomic E-state index is -0.418. The number of rotatable bonds is 11. The number of imidazole rings is 1. The fraction of sp³-hybridized carbons (Fsp3) is 0.786. The van der Waals surface area contributed by atoms with Crippen LogP contribution in [-0.4, -0.2) is 27.5 Å². The van der Waals surface area contributed by atoms with E-state index in [1.165, 1.54) is 19.3 Å². The van der Waals surface area contributed by atoms with Gasteiger partial charge in [0.05, 0.1) is 0 Å². The minimum Gasteiger partial charge on any atom is -0.358 e. The van der Waals surface area contributed by atoms with E-state index in [4.69, 9.17) is 11.5 Å². The molecule has 7 heteroatoms. The standard InChI is InChI=1S/C14H27N5O2/c1-11-17-13(14(18-11)19(20)21)9-8-12(16)7-5-3-2-4-6-10-15/h12H,2-10,15-16H2,1H3,(H,17,18). The third-order valence-electron chi connectivity index (χ3n) is 3.59. The Kier molecular flexibility index (Phi) is 7.92. The summed E-state index contributed by atoms with van der Waals surface area (Å²) in [5.41, 5.74) is 12.0. The third-order valence-corrected chi connectivity index (χ3v) is 3.59. The molecule has 0 aliphatic rings. The van der Waals surface area contributed by atoms with E-state index < -0.39 is 4.92 Å². The van der Waals surface area contributed by atoms with E-state index in [0.29, 0.717) is 17.9 Å². The summed E-state index contributed by atoms with van der Waals surface area (Å²) in [6, 6.07) is 0.0797. The van der Waals surface area contributed by atoms with E-state index in [-0.39, 0.29) is 11.9 Å². The van der Waals surface area contributed by atoms with E-state index in [9.17, 15) is 10.1 Å². The van der Waals surface area contributed by atoms with Gasteiger partial charge in [-0.1, -0.05) is 25.7 Å². The fourth-order valence-electron chi connectivity index (χ4n) is 2.40. The molecule has 1 rings (SSSR count). The number of unbranched alkanes of at least 4 members (excludes halogenated alkanes) is 4. The molecule has 1 aromatic heterocycles. The molecule has 0 radical (unpaired) electrons. The largest absolute Gasteiger partial charge is 0.358 e.